The van der Waals surface area contributed by atoms with Gasteiger partial charge in [0.15, 0.2) is 5.78 Å². The zero-order valence-corrected chi connectivity index (χ0v) is 19.3. The largest absolute Gasteiger partial charge is 0.292 e. The Bertz CT molecular complexity index is 1150. The number of rotatable bonds is 5. The molecule has 6 nitrogen and oxygen atoms in total. The Morgan fingerprint density at radius 2 is 1.48 bits per heavy atom. The van der Waals surface area contributed by atoms with E-state index in [0.717, 1.165) is 40.4 Å². The number of hydrogen-bond acceptors (Lipinski definition) is 4. The molecule has 2 aliphatic carbocycles. The maximum absolute atomic E-state index is 13.5. The average molecular weight is 465 g/mol. The zero-order valence-electron chi connectivity index (χ0n) is 18.6. The van der Waals surface area contributed by atoms with E-state index in [1.165, 1.54) is 12.1 Å². The molecule has 170 valence electrons. The quantitative estimate of drug-likeness (QED) is 0.490. The molecule has 1 heterocycles. The van der Waals surface area contributed by atoms with Crippen molar-refractivity contribution in [2.45, 2.75) is 33.1 Å². The number of carbonyl (C=O) groups is 4. The Morgan fingerprint density at radius 1 is 0.909 bits per heavy atom. The SMILES string of the molecule is Cc1ccc(C(=O)CN(C(=O)c2ccc(Cl)cc2)N2C(=O)[C@@H]3[C@H]4CC[C@@H](C4)[C@H]3C2=O)cc1C. The van der Waals surface area contributed by atoms with Crippen LogP contribution in [0.15, 0.2) is 42.5 Å². The maximum atomic E-state index is 13.5. The van der Waals surface area contributed by atoms with E-state index in [9.17, 15) is 19.2 Å². The summed E-state index contributed by atoms with van der Waals surface area (Å²) in [6, 6.07) is 11.5. The van der Waals surface area contributed by atoms with Crippen molar-refractivity contribution in [3.63, 3.8) is 0 Å². The maximum Gasteiger partial charge on any atom is 0.273 e. The molecule has 4 atom stereocenters. The lowest BCUT2D eigenvalue weighted by atomic mass is 9.81. The molecule has 0 unspecified atom stereocenters. The third-order valence-corrected chi connectivity index (χ3v) is 7.85. The second-order valence-corrected chi connectivity index (χ2v) is 9.90. The summed E-state index contributed by atoms with van der Waals surface area (Å²) in [4.78, 5) is 53.5. The number of carbonyl (C=O) groups excluding carboxylic acids is 4. The zero-order chi connectivity index (χ0) is 23.4. The van der Waals surface area contributed by atoms with Gasteiger partial charge >= 0.3 is 0 Å². The van der Waals surface area contributed by atoms with Crippen LogP contribution in [0.1, 0.15) is 51.1 Å². The molecule has 3 amide bonds. The van der Waals surface area contributed by atoms with Gasteiger partial charge in [-0.25, -0.2) is 5.01 Å². The van der Waals surface area contributed by atoms with Crippen molar-refractivity contribution in [3.8, 4) is 0 Å². The van der Waals surface area contributed by atoms with Gasteiger partial charge in [-0.3, -0.25) is 19.2 Å². The molecule has 3 fully saturated rings. The average Bonchev–Trinajstić information content (AvgIpc) is 3.48. The third-order valence-electron chi connectivity index (χ3n) is 7.59. The van der Waals surface area contributed by atoms with Crippen LogP contribution < -0.4 is 0 Å². The molecule has 2 saturated carbocycles. The number of ketones is 1. The van der Waals surface area contributed by atoms with Crippen LogP contribution in [0, 0.1) is 37.5 Å². The fourth-order valence-electron chi connectivity index (χ4n) is 5.75. The fourth-order valence-corrected chi connectivity index (χ4v) is 5.87. The number of Topliss-reactive ketones (excluding diaryl/α,β-unsaturated/α-hetero) is 1. The summed E-state index contributed by atoms with van der Waals surface area (Å²) in [7, 11) is 0. The number of halogens is 1. The van der Waals surface area contributed by atoms with Crippen LogP contribution in [0.3, 0.4) is 0 Å². The number of fused-ring (bicyclic) bond motifs is 5. The molecule has 1 aliphatic heterocycles. The highest BCUT2D eigenvalue weighted by molar-refractivity contribution is 6.30. The number of hydrogen-bond donors (Lipinski definition) is 0. The van der Waals surface area contributed by atoms with Gasteiger partial charge in [0.25, 0.3) is 17.7 Å². The minimum Gasteiger partial charge on any atom is -0.292 e. The molecular formula is C26H25ClN2O4. The Morgan fingerprint density at radius 3 is 2.06 bits per heavy atom. The van der Waals surface area contributed by atoms with Crippen LogP contribution >= 0.6 is 11.6 Å². The van der Waals surface area contributed by atoms with E-state index >= 15 is 0 Å². The van der Waals surface area contributed by atoms with Gasteiger partial charge in [-0.15, -0.1) is 0 Å². The van der Waals surface area contributed by atoms with Crippen molar-refractivity contribution in [1.29, 1.82) is 0 Å². The van der Waals surface area contributed by atoms with Gasteiger partial charge in [0.05, 0.1) is 11.8 Å². The van der Waals surface area contributed by atoms with E-state index < -0.39 is 12.5 Å². The second-order valence-electron chi connectivity index (χ2n) is 9.46. The first-order valence-corrected chi connectivity index (χ1v) is 11.7. The lowest BCUT2D eigenvalue weighted by Gasteiger charge is -2.31. The summed E-state index contributed by atoms with van der Waals surface area (Å²) in [6.07, 6.45) is 2.77. The summed E-state index contributed by atoms with van der Waals surface area (Å²) in [5.41, 5.74) is 2.70. The Balaban J connectivity index is 1.50. The van der Waals surface area contributed by atoms with E-state index in [1.807, 2.05) is 19.9 Å². The molecule has 7 heteroatoms. The minimum atomic E-state index is -0.571. The third kappa shape index (κ3) is 3.57. The first-order valence-electron chi connectivity index (χ1n) is 11.3. The van der Waals surface area contributed by atoms with Crippen molar-refractivity contribution >= 4 is 35.1 Å². The highest BCUT2D eigenvalue weighted by Gasteiger charge is 2.62. The topological polar surface area (TPSA) is 74.8 Å². The van der Waals surface area contributed by atoms with Crippen LogP contribution in [0.4, 0.5) is 0 Å². The summed E-state index contributed by atoms with van der Waals surface area (Å²) >= 11 is 5.97. The van der Waals surface area contributed by atoms with Gasteiger partial charge in [0.1, 0.15) is 6.54 Å². The lowest BCUT2D eigenvalue weighted by molar-refractivity contribution is -0.154. The molecule has 0 spiro atoms. The number of aryl methyl sites for hydroxylation is 2. The van der Waals surface area contributed by atoms with Crippen molar-refractivity contribution < 1.29 is 19.2 Å². The summed E-state index contributed by atoms with van der Waals surface area (Å²) in [6.45, 7) is 3.47. The van der Waals surface area contributed by atoms with Gasteiger partial charge in [-0.05, 0) is 86.4 Å². The monoisotopic (exact) mass is 464 g/mol. The van der Waals surface area contributed by atoms with Crippen LogP contribution in [0.2, 0.25) is 5.02 Å². The van der Waals surface area contributed by atoms with Gasteiger partial charge in [0, 0.05) is 16.1 Å². The molecule has 2 bridgehead atoms. The second kappa shape index (κ2) is 8.10. The van der Waals surface area contributed by atoms with Crippen molar-refractivity contribution in [3.05, 3.63) is 69.7 Å². The Hall–Kier alpha value is -2.99. The van der Waals surface area contributed by atoms with Gasteiger partial charge < -0.3 is 0 Å². The Kier molecular flexibility index (Phi) is 5.36. The number of amides is 3. The molecule has 5 rings (SSSR count). The molecule has 0 aromatic heterocycles. The van der Waals surface area contributed by atoms with Crippen LogP contribution in [-0.4, -0.2) is 40.1 Å². The molecule has 33 heavy (non-hydrogen) atoms. The van der Waals surface area contributed by atoms with Crippen LogP contribution in [-0.2, 0) is 9.59 Å². The van der Waals surface area contributed by atoms with Crippen molar-refractivity contribution in [2.24, 2.45) is 23.7 Å². The smallest absolute Gasteiger partial charge is 0.273 e. The van der Waals surface area contributed by atoms with E-state index in [4.69, 9.17) is 11.6 Å². The van der Waals surface area contributed by atoms with Gasteiger partial charge in [0.2, 0.25) is 0 Å². The highest BCUT2D eigenvalue weighted by Crippen LogP contribution is 2.56. The highest BCUT2D eigenvalue weighted by atomic mass is 35.5. The summed E-state index contributed by atoms with van der Waals surface area (Å²) < 4.78 is 0. The van der Waals surface area contributed by atoms with Gasteiger partial charge in [-0.1, -0.05) is 23.7 Å². The first kappa shape index (κ1) is 21.8. The van der Waals surface area contributed by atoms with Crippen molar-refractivity contribution in [2.75, 3.05) is 6.54 Å². The summed E-state index contributed by atoms with van der Waals surface area (Å²) in [5, 5.41) is 2.47. The molecular weight excluding hydrogens is 440 g/mol. The number of benzene rings is 2. The Labute approximate surface area is 197 Å². The number of nitrogens with zero attached hydrogens (tertiary/aromatic N) is 2. The normalized spacial score (nSPS) is 25.5. The van der Waals surface area contributed by atoms with Crippen LogP contribution in [0.5, 0.6) is 0 Å². The fraction of sp³-hybridized carbons (Fsp3) is 0.385. The molecule has 0 radical (unpaired) electrons. The molecule has 3 aliphatic rings. The predicted octanol–water partition coefficient (Wildman–Crippen LogP) is 4.23. The molecule has 2 aromatic rings. The summed E-state index contributed by atoms with van der Waals surface area (Å²) in [5.74, 6) is -2.01. The van der Waals surface area contributed by atoms with E-state index in [-0.39, 0.29) is 46.8 Å². The lowest BCUT2D eigenvalue weighted by Crippen LogP contribution is -2.52. The van der Waals surface area contributed by atoms with Crippen LogP contribution in [0.25, 0.3) is 0 Å². The predicted molar refractivity (Wildman–Crippen MR) is 122 cm³/mol. The standard InChI is InChI=1S/C26H25ClN2O4/c1-14-3-4-17(11-15(14)2)21(30)13-28(24(31)16-7-9-20(27)10-8-16)29-25(32)22-18-5-6-19(12-18)23(22)26(29)33/h3-4,7-11,18-19,22-23H,5-6,12-13H2,1-2H3/t18-,19-,22+,23+/m0/s1. The molecule has 1 saturated heterocycles. The molecule has 0 N–H and O–H groups in total. The van der Waals surface area contributed by atoms with E-state index in [1.54, 1.807) is 24.3 Å². The van der Waals surface area contributed by atoms with Crippen molar-refractivity contribution in [1.82, 2.24) is 10.0 Å². The first-order chi connectivity index (χ1) is 15.8. The minimum absolute atomic E-state index is 0.185. The van der Waals surface area contributed by atoms with Gasteiger partial charge in [-0.2, -0.15) is 5.01 Å². The number of hydrazine groups is 1. The van der Waals surface area contributed by atoms with E-state index in [2.05, 4.69) is 0 Å². The number of imide groups is 1. The van der Waals surface area contributed by atoms with E-state index in [0.29, 0.717) is 10.6 Å². The molecule has 2 aromatic carbocycles.